The van der Waals surface area contributed by atoms with Gasteiger partial charge in [-0.15, -0.1) is 0 Å². The van der Waals surface area contributed by atoms with E-state index in [1.54, 1.807) is 0 Å². The fourth-order valence-corrected chi connectivity index (χ4v) is 9.97. The van der Waals surface area contributed by atoms with Crippen molar-refractivity contribution in [3.05, 3.63) is 35.3 Å². The highest BCUT2D eigenvalue weighted by Gasteiger charge is 2.65. The molecule has 2 aromatic rings. The smallest absolute Gasteiger partial charge is 0.199 e. The van der Waals surface area contributed by atoms with Gasteiger partial charge in [-0.1, -0.05) is 20.8 Å². The van der Waals surface area contributed by atoms with Crippen molar-refractivity contribution in [2.45, 2.75) is 96.9 Å². The molecule has 9 heteroatoms. The van der Waals surface area contributed by atoms with Gasteiger partial charge in [-0.2, -0.15) is 0 Å². The molecule has 4 aliphatic carbocycles. The van der Waals surface area contributed by atoms with Gasteiger partial charge in [0.25, 0.3) is 0 Å². The molecular weight excluding hydrogens is 524 g/mol. The first-order chi connectivity index (χ1) is 18.9. The Morgan fingerprint density at radius 2 is 1.65 bits per heavy atom. The van der Waals surface area contributed by atoms with Crippen LogP contribution < -0.4 is 0 Å². The van der Waals surface area contributed by atoms with Gasteiger partial charge in [0, 0.05) is 12.6 Å². The fourth-order valence-electron chi connectivity index (χ4n) is 9.97. The Bertz CT molecular complexity index is 1310. The molecule has 0 amide bonds. The van der Waals surface area contributed by atoms with Crippen LogP contribution in [0.15, 0.2) is 6.20 Å². The standard InChI is InChI=1S/C31H40F4N2O3/c1-14(4-7-23-36-13-17-25(32)26(33)27(34)28(35)29(17)37-23)18-5-6-19-24-20(12-22(40)31(18,19)3)30(2)9-8-16(38)10-15(30)11-21(24)39/h13-16,18-22,24,38-40H,4-12H2,1-3H3/t14-,15+,16-,18-,19+,20?,21-,22+,24+,30+,31-/m1/s1. The Balaban J connectivity index is 1.21. The number of hydrogen-bond donors (Lipinski definition) is 3. The lowest BCUT2D eigenvalue weighted by Gasteiger charge is -2.63. The van der Waals surface area contributed by atoms with E-state index in [-0.39, 0.29) is 58.3 Å². The monoisotopic (exact) mass is 564 g/mol. The molecule has 6 rings (SSSR count). The fraction of sp³-hybridized carbons (Fsp3) is 0.742. The average Bonchev–Trinajstić information content (AvgIpc) is 3.29. The third-order valence-electron chi connectivity index (χ3n) is 12.2. The first kappa shape index (κ1) is 28.3. The van der Waals surface area contributed by atoms with Crippen molar-refractivity contribution < 1.29 is 32.9 Å². The maximum Gasteiger partial charge on any atom is 0.199 e. The molecule has 11 atom stereocenters. The highest BCUT2D eigenvalue weighted by molar-refractivity contribution is 5.79. The lowest BCUT2D eigenvalue weighted by Crippen LogP contribution is -2.62. The predicted molar refractivity (Wildman–Crippen MR) is 141 cm³/mol. The molecule has 1 aromatic heterocycles. The van der Waals surface area contributed by atoms with Crippen LogP contribution in [0.2, 0.25) is 0 Å². The van der Waals surface area contributed by atoms with E-state index in [2.05, 4.69) is 30.7 Å². The third kappa shape index (κ3) is 4.04. The lowest BCUT2D eigenvalue weighted by molar-refractivity contribution is -0.207. The van der Waals surface area contributed by atoms with Crippen molar-refractivity contribution >= 4 is 10.9 Å². The maximum absolute atomic E-state index is 14.3. The molecule has 4 saturated carbocycles. The van der Waals surface area contributed by atoms with Crippen LogP contribution in [0.25, 0.3) is 10.9 Å². The Hall–Kier alpha value is -1.84. The van der Waals surface area contributed by atoms with E-state index in [1.807, 2.05) is 0 Å². The van der Waals surface area contributed by atoms with Gasteiger partial charge in [-0.3, -0.25) is 0 Å². The van der Waals surface area contributed by atoms with E-state index in [0.717, 1.165) is 38.3 Å². The Labute approximate surface area is 232 Å². The zero-order chi connectivity index (χ0) is 28.7. The van der Waals surface area contributed by atoms with Crippen molar-refractivity contribution in [2.24, 2.45) is 46.3 Å². The molecule has 1 aromatic carbocycles. The van der Waals surface area contributed by atoms with Crippen LogP contribution in [0.3, 0.4) is 0 Å². The molecule has 1 unspecified atom stereocenters. The van der Waals surface area contributed by atoms with Crippen LogP contribution in [-0.2, 0) is 6.42 Å². The van der Waals surface area contributed by atoms with Crippen LogP contribution >= 0.6 is 0 Å². The lowest BCUT2D eigenvalue weighted by atomic mass is 9.43. The van der Waals surface area contributed by atoms with Crippen LogP contribution in [0.5, 0.6) is 0 Å². The number of nitrogens with zero attached hydrogens (tertiary/aromatic N) is 2. The van der Waals surface area contributed by atoms with E-state index >= 15 is 0 Å². The van der Waals surface area contributed by atoms with Crippen molar-refractivity contribution in [3.63, 3.8) is 0 Å². The Morgan fingerprint density at radius 3 is 2.40 bits per heavy atom. The first-order valence-corrected chi connectivity index (χ1v) is 14.9. The minimum absolute atomic E-state index is 0.0136. The highest BCUT2D eigenvalue weighted by atomic mass is 19.2. The summed E-state index contributed by atoms with van der Waals surface area (Å²) in [5.41, 5.74) is -0.914. The summed E-state index contributed by atoms with van der Waals surface area (Å²) in [4.78, 5) is 8.13. The number of halogens is 4. The predicted octanol–water partition coefficient (Wildman–Crippen LogP) is 5.72. The molecule has 0 saturated heterocycles. The molecule has 1 heterocycles. The molecule has 220 valence electrons. The molecule has 40 heavy (non-hydrogen) atoms. The summed E-state index contributed by atoms with van der Waals surface area (Å²) in [7, 11) is 0. The normalized spacial score (nSPS) is 41.9. The average molecular weight is 565 g/mol. The largest absolute Gasteiger partial charge is 0.393 e. The molecule has 3 N–H and O–H groups in total. The van der Waals surface area contributed by atoms with Crippen molar-refractivity contribution in [3.8, 4) is 0 Å². The second kappa shape index (κ2) is 9.87. The summed E-state index contributed by atoms with van der Waals surface area (Å²) in [6.45, 7) is 6.63. The van der Waals surface area contributed by atoms with Gasteiger partial charge >= 0.3 is 0 Å². The van der Waals surface area contributed by atoms with Crippen LogP contribution in [0.4, 0.5) is 17.6 Å². The molecule has 0 radical (unpaired) electrons. The summed E-state index contributed by atoms with van der Waals surface area (Å²) >= 11 is 0. The number of benzene rings is 1. The molecular formula is C31H40F4N2O3. The Kier molecular flexibility index (Phi) is 6.98. The number of aryl methyl sites for hydroxylation is 1. The number of aliphatic hydroxyl groups excluding tert-OH is 3. The molecule has 4 fully saturated rings. The number of aromatic nitrogens is 2. The van der Waals surface area contributed by atoms with Gasteiger partial charge in [0.15, 0.2) is 23.3 Å². The molecule has 0 aliphatic heterocycles. The van der Waals surface area contributed by atoms with E-state index in [4.69, 9.17) is 0 Å². The number of rotatable bonds is 4. The van der Waals surface area contributed by atoms with Crippen molar-refractivity contribution in [2.75, 3.05) is 0 Å². The van der Waals surface area contributed by atoms with Gasteiger partial charge in [-0.05, 0) is 97.7 Å². The van der Waals surface area contributed by atoms with Crippen LogP contribution in [-0.4, -0.2) is 43.6 Å². The van der Waals surface area contributed by atoms with E-state index in [9.17, 15) is 32.9 Å². The van der Waals surface area contributed by atoms with Crippen LogP contribution in [0, 0.1) is 69.6 Å². The van der Waals surface area contributed by atoms with Gasteiger partial charge in [0.05, 0.1) is 23.7 Å². The molecule has 0 spiro atoms. The topological polar surface area (TPSA) is 86.5 Å². The maximum atomic E-state index is 14.3. The van der Waals surface area contributed by atoms with E-state index in [1.165, 1.54) is 0 Å². The van der Waals surface area contributed by atoms with E-state index in [0.29, 0.717) is 25.7 Å². The summed E-state index contributed by atoms with van der Waals surface area (Å²) in [5.74, 6) is -5.39. The highest BCUT2D eigenvalue weighted by Crippen LogP contribution is 2.68. The van der Waals surface area contributed by atoms with Gasteiger partial charge < -0.3 is 15.3 Å². The summed E-state index contributed by atoms with van der Waals surface area (Å²) in [6.07, 6.45) is 6.39. The zero-order valence-corrected chi connectivity index (χ0v) is 23.4. The molecule has 4 aliphatic rings. The second-order valence-electron chi connectivity index (χ2n) is 13.8. The van der Waals surface area contributed by atoms with Crippen LogP contribution in [0.1, 0.15) is 78.0 Å². The number of fused-ring (bicyclic) bond motifs is 6. The number of hydrogen-bond acceptors (Lipinski definition) is 5. The minimum Gasteiger partial charge on any atom is -0.393 e. The van der Waals surface area contributed by atoms with Gasteiger partial charge in [0.2, 0.25) is 0 Å². The summed E-state index contributed by atoms with van der Waals surface area (Å²) < 4.78 is 55.8. The summed E-state index contributed by atoms with van der Waals surface area (Å²) in [5, 5.41) is 33.0. The number of aliphatic hydroxyl groups is 3. The molecule has 0 bridgehead atoms. The third-order valence-corrected chi connectivity index (χ3v) is 12.2. The van der Waals surface area contributed by atoms with Crippen molar-refractivity contribution in [1.29, 1.82) is 0 Å². The summed E-state index contributed by atoms with van der Waals surface area (Å²) in [6, 6.07) is 0. The second-order valence-corrected chi connectivity index (χ2v) is 13.8. The van der Waals surface area contributed by atoms with Crippen molar-refractivity contribution in [1.82, 2.24) is 9.97 Å². The van der Waals surface area contributed by atoms with Gasteiger partial charge in [-0.25, -0.2) is 27.5 Å². The SMILES string of the molecule is C[C@H](CCc1ncc2c(F)c(F)c(F)c(F)c2n1)[C@H]1CC[C@H]2[C@H]3C(C[C@H](O)[C@]12C)[C@@]1(C)CC[C@@H](O)C[C@H]1C[C@H]3O. The first-order valence-electron chi connectivity index (χ1n) is 14.9. The quantitative estimate of drug-likeness (QED) is 0.251. The Morgan fingerprint density at radius 1 is 0.925 bits per heavy atom. The van der Waals surface area contributed by atoms with Gasteiger partial charge in [0.1, 0.15) is 11.3 Å². The van der Waals surface area contributed by atoms with E-state index < -0.39 is 46.4 Å². The zero-order valence-electron chi connectivity index (χ0n) is 23.4. The minimum atomic E-state index is -1.88. The molecule has 5 nitrogen and oxygen atoms in total.